The Labute approximate surface area is 160 Å². The van der Waals surface area contributed by atoms with Gasteiger partial charge in [-0.3, -0.25) is 9.59 Å². The van der Waals surface area contributed by atoms with Crippen molar-refractivity contribution in [3.8, 4) is 0 Å². The first kappa shape index (κ1) is 20.7. The summed E-state index contributed by atoms with van der Waals surface area (Å²) in [6.45, 7) is 5.60. The third-order valence-electron chi connectivity index (χ3n) is 4.61. The van der Waals surface area contributed by atoms with Gasteiger partial charge in [0.2, 0.25) is 11.8 Å². The summed E-state index contributed by atoms with van der Waals surface area (Å²) in [5.74, 6) is -0.118. The molecular weight excluding hydrogens is 344 g/mol. The first-order chi connectivity index (χ1) is 12.8. The van der Waals surface area contributed by atoms with Crippen LogP contribution < -0.4 is 21.3 Å². The zero-order chi connectivity index (χ0) is 19.8. The van der Waals surface area contributed by atoms with Crippen LogP contribution >= 0.6 is 0 Å². The minimum atomic E-state index is -0.467. The highest BCUT2D eigenvalue weighted by Crippen LogP contribution is 2.28. The Morgan fingerprint density at radius 2 is 1.67 bits per heavy atom. The molecule has 7 nitrogen and oxygen atoms in total. The summed E-state index contributed by atoms with van der Waals surface area (Å²) in [7, 11) is 0. The van der Waals surface area contributed by atoms with Gasteiger partial charge in [0.1, 0.15) is 6.04 Å². The molecule has 1 aliphatic carbocycles. The summed E-state index contributed by atoms with van der Waals surface area (Å²) in [4.78, 5) is 35.7. The zero-order valence-electron chi connectivity index (χ0n) is 16.3. The summed E-state index contributed by atoms with van der Waals surface area (Å²) >= 11 is 0. The molecule has 1 aliphatic rings. The standard InChI is InChI=1S/C20H30N4O3/c1-13(2)22-20(27)24-17-10-8-15(9-11-17)12-21-19(26)18(23-14(3)25)16-6-4-5-7-16/h8-11,13,16,18H,4-7,12H2,1-3H3,(H,21,26)(H,23,25)(H2,22,24,27)/t18-/m0/s1. The number of benzene rings is 1. The van der Waals surface area contributed by atoms with Gasteiger partial charge in [-0.2, -0.15) is 0 Å². The molecule has 27 heavy (non-hydrogen) atoms. The SMILES string of the molecule is CC(=O)N[C@H](C(=O)NCc1ccc(NC(=O)NC(C)C)cc1)C1CCCC1. The predicted molar refractivity (Wildman–Crippen MR) is 105 cm³/mol. The number of anilines is 1. The van der Waals surface area contributed by atoms with Gasteiger partial charge < -0.3 is 21.3 Å². The zero-order valence-corrected chi connectivity index (χ0v) is 16.3. The summed E-state index contributed by atoms with van der Waals surface area (Å²) in [6.07, 6.45) is 4.15. The predicted octanol–water partition coefficient (Wildman–Crippen LogP) is 2.53. The lowest BCUT2D eigenvalue weighted by Crippen LogP contribution is -2.49. The number of hydrogen-bond acceptors (Lipinski definition) is 3. The molecule has 148 valence electrons. The molecular formula is C20H30N4O3. The van der Waals surface area contributed by atoms with Gasteiger partial charge in [0.15, 0.2) is 0 Å². The van der Waals surface area contributed by atoms with E-state index in [0.29, 0.717) is 12.2 Å². The molecule has 0 aromatic heterocycles. The van der Waals surface area contributed by atoms with Crippen molar-refractivity contribution in [1.82, 2.24) is 16.0 Å². The highest BCUT2D eigenvalue weighted by atomic mass is 16.2. The molecule has 0 saturated heterocycles. The molecule has 4 N–H and O–H groups in total. The second kappa shape index (κ2) is 9.94. The summed E-state index contributed by atoms with van der Waals surface area (Å²) < 4.78 is 0. The van der Waals surface area contributed by atoms with E-state index in [1.165, 1.54) is 6.92 Å². The molecule has 2 rings (SSSR count). The van der Waals surface area contributed by atoms with Gasteiger partial charge in [-0.15, -0.1) is 0 Å². The Bertz CT molecular complexity index is 652. The van der Waals surface area contributed by atoms with E-state index in [1.807, 2.05) is 26.0 Å². The fourth-order valence-electron chi connectivity index (χ4n) is 3.34. The Hall–Kier alpha value is -2.57. The Kier molecular flexibility index (Phi) is 7.64. The lowest BCUT2D eigenvalue weighted by atomic mass is 9.97. The molecule has 1 atom stereocenters. The van der Waals surface area contributed by atoms with Crippen LogP contribution in [0.3, 0.4) is 0 Å². The first-order valence-electron chi connectivity index (χ1n) is 9.56. The van der Waals surface area contributed by atoms with Crippen LogP contribution in [0.4, 0.5) is 10.5 Å². The van der Waals surface area contributed by atoms with Crippen LogP contribution in [0, 0.1) is 5.92 Å². The van der Waals surface area contributed by atoms with Crippen molar-refractivity contribution in [1.29, 1.82) is 0 Å². The summed E-state index contributed by atoms with van der Waals surface area (Å²) in [5, 5.41) is 11.2. The fraction of sp³-hybridized carbons (Fsp3) is 0.550. The van der Waals surface area contributed by atoms with Gasteiger partial charge in [0.05, 0.1) is 0 Å². The Morgan fingerprint density at radius 1 is 1.04 bits per heavy atom. The first-order valence-corrected chi connectivity index (χ1v) is 9.56. The average Bonchev–Trinajstić information content (AvgIpc) is 3.12. The van der Waals surface area contributed by atoms with Crippen molar-refractivity contribution in [3.63, 3.8) is 0 Å². The molecule has 0 spiro atoms. The minimum Gasteiger partial charge on any atom is -0.350 e. The molecule has 7 heteroatoms. The molecule has 0 heterocycles. The molecule has 1 aromatic rings. The Morgan fingerprint density at radius 3 is 2.22 bits per heavy atom. The molecule has 0 radical (unpaired) electrons. The van der Waals surface area contributed by atoms with Gasteiger partial charge in [-0.1, -0.05) is 25.0 Å². The van der Waals surface area contributed by atoms with E-state index >= 15 is 0 Å². The van der Waals surface area contributed by atoms with Crippen molar-refractivity contribution < 1.29 is 14.4 Å². The van der Waals surface area contributed by atoms with E-state index in [-0.39, 0.29) is 29.8 Å². The number of urea groups is 1. The van der Waals surface area contributed by atoms with Crippen LogP contribution in [0.2, 0.25) is 0 Å². The Balaban J connectivity index is 1.87. The van der Waals surface area contributed by atoms with Crippen molar-refractivity contribution in [2.75, 3.05) is 5.32 Å². The van der Waals surface area contributed by atoms with Crippen molar-refractivity contribution >= 4 is 23.5 Å². The third-order valence-corrected chi connectivity index (χ3v) is 4.61. The van der Waals surface area contributed by atoms with Crippen molar-refractivity contribution in [2.45, 2.75) is 65.1 Å². The van der Waals surface area contributed by atoms with Crippen LogP contribution in [0.5, 0.6) is 0 Å². The monoisotopic (exact) mass is 374 g/mol. The number of amides is 4. The lowest BCUT2D eigenvalue weighted by Gasteiger charge is -2.23. The maximum atomic E-state index is 12.6. The summed E-state index contributed by atoms with van der Waals surface area (Å²) in [6, 6.07) is 6.65. The normalized spacial score (nSPS) is 15.3. The van der Waals surface area contributed by atoms with E-state index in [0.717, 1.165) is 31.2 Å². The number of nitrogens with one attached hydrogen (secondary N) is 4. The van der Waals surface area contributed by atoms with Crippen LogP contribution in [0.25, 0.3) is 0 Å². The second-order valence-electron chi connectivity index (χ2n) is 7.39. The lowest BCUT2D eigenvalue weighted by molar-refractivity contribution is -0.129. The van der Waals surface area contributed by atoms with Gasteiger partial charge in [0, 0.05) is 25.2 Å². The average molecular weight is 374 g/mol. The van der Waals surface area contributed by atoms with E-state index < -0.39 is 6.04 Å². The number of carbonyl (C=O) groups is 3. The van der Waals surface area contributed by atoms with E-state index in [2.05, 4.69) is 21.3 Å². The molecule has 0 bridgehead atoms. The largest absolute Gasteiger partial charge is 0.350 e. The van der Waals surface area contributed by atoms with E-state index in [9.17, 15) is 14.4 Å². The van der Waals surface area contributed by atoms with E-state index in [4.69, 9.17) is 0 Å². The topological polar surface area (TPSA) is 99.3 Å². The van der Waals surface area contributed by atoms with Crippen LogP contribution in [-0.2, 0) is 16.1 Å². The highest BCUT2D eigenvalue weighted by molar-refractivity contribution is 5.89. The molecule has 1 saturated carbocycles. The van der Waals surface area contributed by atoms with Gasteiger partial charge in [-0.05, 0) is 50.3 Å². The maximum absolute atomic E-state index is 12.6. The van der Waals surface area contributed by atoms with Crippen LogP contribution in [-0.4, -0.2) is 29.9 Å². The van der Waals surface area contributed by atoms with Gasteiger partial charge in [0.25, 0.3) is 0 Å². The van der Waals surface area contributed by atoms with Crippen LogP contribution in [0.1, 0.15) is 52.0 Å². The molecule has 1 fully saturated rings. The van der Waals surface area contributed by atoms with Crippen LogP contribution in [0.15, 0.2) is 24.3 Å². The molecule has 0 unspecified atom stereocenters. The molecule has 4 amide bonds. The smallest absolute Gasteiger partial charge is 0.319 e. The van der Waals surface area contributed by atoms with Crippen molar-refractivity contribution in [3.05, 3.63) is 29.8 Å². The number of hydrogen-bond donors (Lipinski definition) is 4. The number of carbonyl (C=O) groups excluding carboxylic acids is 3. The maximum Gasteiger partial charge on any atom is 0.319 e. The van der Waals surface area contributed by atoms with E-state index in [1.54, 1.807) is 12.1 Å². The second-order valence-corrected chi connectivity index (χ2v) is 7.39. The van der Waals surface area contributed by atoms with Crippen molar-refractivity contribution in [2.24, 2.45) is 5.92 Å². The number of rotatable bonds is 7. The highest BCUT2D eigenvalue weighted by Gasteiger charge is 2.31. The summed E-state index contributed by atoms with van der Waals surface area (Å²) in [5.41, 5.74) is 1.61. The quantitative estimate of drug-likeness (QED) is 0.590. The minimum absolute atomic E-state index is 0.0657. The van der Waals surface area contributed by atoms with Gasteiger partial charge >= 0.3 is 6.03 Å². The molecule has 0 aliphatic heterocycles. The third kappa shape index (κ3) is 6.92. The van der Waals surface area contributed by atoms with Gasteiger partial charge in [-0.25, -0.2) is 4.79 Å². The molecule has 1 aromatic carbocycles. The fourth-order valence-corrected chi connectivity index (χ4v) is 3.34.